The number of amides is 1. The molecular weight excluding hydrogens is 304 g/mol. The van der Waals surface area contributed by atoms with E-state index in [4.69, 9.17) is 4.74 Å². The summed E-state index contributed by atoms with van der Waals surface area (Å²) in [5.41, 5.74) is 0.714. The van der Waals surface area contributed by atoms with Crippen molar-refractivity contribution in [2.45, 2.75) is 25.4 Å². The number of piperazine rings is 1. The van der Waals surface area contributed by atoms with Crippen molar-refractivity contribution in [2.75, 3.05) is 52.7 Å². The first-order chi connectivity index (χ1) is 11.5. The molecule has 0 aliphatic carbocycles. The lowest BCUT2D eigenvalue weighted by molar-refractivity contribution is -0.116. The van der Waals surface area contributed by atoms with Crippen molar-refractivity contribution in [2.24, 2.45) is 0 Å². The minimum Gasteiger partial charge on any atom is -0.495 e. The van der Waals surface area contributed by atoms with Gasteiger partial charge in [-0.15, -0.1) is 0 Å². The summed E-state index contributed by atoms with van der Waals surface area (Å²) < 4.78 is 5.26. The van der Waals surface area contributed by atoms with Gasteiger partial charge < -0.3 is 20.3 Å². The summed E-state index contributed by atoms with van der Waals surface area (Å²) in [4.78, 5) is 17.0. The molecule has 1 saturated heterocycles. The summed E-state index contributed by atoms with van der Waals surface area (Å²) in [7, 11) is 5.93. The van der Waals surface area contributed by atoms with Gasteiger partial charge in [0.05, 0.1) is 12.8 Å². The summed E-state index contributed by atoms with van der Waals surface area (Å²) in [6.45, 7) is 6.21. The molecule has 134 valence electrons. The Kier molecular flexibility index (Phi) is 7.02. The fourth-order valence-electron chi connectivity index (χ4n) is 2.96. The first kappa shape index (κ1) is 18.7. The molecule has 2 atom stereocenters. The highest BCUT2D eigenvalue weighted by Gasteiger charge is 2.22. The Morgan fingerprint density at radius 3 is 2.83 bits per heavy atom. The number of ether oxygens (including phenoxy) is 1. The number of carbonyl (C=O) groups excluding carboxylic acids is 1. The zero-order chi connectivity index (χ0) is 17.5. The molecule has 1 amide bonds. The Morgan fingerprint density at radius 1 is 1.33 bits per heavy atom. The number of carbonyl (C=O) groups is 1. The third-order valence-electron chi connectivity index (χ3n) is 4.55. The highest BCUT2D eigenvalue weighted by atomic mass is 16.5. The lowest BCUT2D eigenvalue weighted by Crippen LogP contribution is -2.54. The van der Waals surface area contributed by atoms with Gasteiger partial charge >= 0.3 is 0 Å². The number of nitrogens with zero attached hydrogens (tertiary/aromatic N) is 2. The van der Waals surface area contributed by atoms with Crippen molar-refractivity contribution in [1.29, 1.82) is 0 Å². The molecule has 24 heavy (non-hydrogen) atoms. The molecule has 2 rings (SSSR count). The Morgan fingerprint density at radius 2 is 2.08 bits per heavy atom. The molecule has 0 aromatic heterocycles. The summed E-state index contributed by atoms with van der Waals surface area (Å²) in [6.07, 6.45) is 0.435. The van der Waals surface area contributed by atoms with E-state index in [1.807, 2.05) is 31.2 Å². The summed E-state index contributed by atoms with van der Waals surface area (Å²) in [5, 5.41) is 6.41. The second-order valence-electron chi connectivity index (χ2n) is 6.66. The van der Waals surface area contributed by atoms with Gasteiger partial charge in [0.15, 0.2) is 0 Å². The standard InChI is InChI=1S/C18H30N4O2/c1-14(19-12-15-13-21(2)9-10-22(15)3)11-18(23)20-16-7-5-6-8-17(16)24-4/h5-8,14-15,19H,9-13H2,1-4H3,(H,20,23)/t14-,15+/m0/s1. The van der Waals surface area contributed by atoms with E-state index in [0.717, 1.165) is 26.2 Å². The second kappa shape index (κ2) is 9.01. The first-order valence-electron chi connectivity index (χ1n) is 8.54. The number of hydrogen-bond donors (Lipinski definition) is 2. The van der Waals surface area contributed by atoms with Gasteiger partial charge in [0.2, 0.25) is 5.91 Å². The Hall–Kier alpha value is -1.63. The van der Waals surface area contributed by atoms with Crippen LogP contribution in [0.15, 0.2) is 24.3 Å². The highest BCUT2D eigenvalue weighted by molar-refractivity contribution is 5.92. The van der Waals surface area contributed by atoms with Gasteiger partial charge in [-0.2, -0.15) is 0 Å². The Bertz CT molecular complexity index is 538. The van der Waals surface area contributed by atoms with Gasteiger partial charge in [-0.25, -0.2) is 0 Å². The van der Waals surface area contributed by atoms with Crippen molar-refractivity contribution >= 4 is 11.6 Å². The fraction of sp³-hybridized carbons (Fsp3) is 0.611. The number of rotatable bonds is 7. The van der Waals surface area contributed by atoms with Crippen LogP contribution in [0.3, 0.4) is 0 Å². The van der Waals surface area contributed by atoms with Gasteiger partial charge in [0.25, 0.3) is 0 Å². The lowest BCUT2D eigenvalue weighted by atomic mass is 10.1. The van der Waals surface area contributed by atoms with E-state index in [9.17, 15) is 4.79 Å². The molecule has 1 heterocycles. The summed E-state index contributed by atoms with van der Waals surface area (Å²) >= 11 is 0. The van der Waals surface area contributed by atoms with Crippen LogP contribution in [0, 0.1) is 0 Å². The summed E-state index contributed by atoms with van der Waals surface area (Å²) in [6, 6.07) is 8.07. The van der Waals surface area contributed by atoms with E-state index < -0.39 is 0 Å². The van der Waals surface area contributed by atoms with E-state index >= 15 is 0 Å². The summed E-state index contributed by atoms with van der Waals surface area (Å²) in [5.74, 6) is 0.673. The van der Waals surface area contributed by atoms with Crippen LogP contribution in [0.1, 0.15) is 13.3 Å². The average Bonchev–Trinajstić information content (AvgIpc) is 2.56. The van der Waals surface area contributed by atoms with Crippen LogP contribution in [-0.2, 0) is 4.79 Å². The first-order valence-corrected chi connectivity index (χ1v) is 8.54. The molecule has 1 aromatic rings. The maximum absolute atomic E-state index is 12.2. The van der Waals surface area contributed by atoms with E-state index in [1.54, 1.807) is 7.11 Å². The molecule has 0 bridgehead atoms. The smallest absolute Gasteiger partial charge is 0.226 e. The molecule has 2 N–H and O–H groups in total. The number of nitrogens with one attached hydrogen (secondary N) is 2. The quantitative estimate of drug-likeness (QED) is 0.786. The van der Waals surface area contributed by atoms with Gasteiger partial charge in [-0.05, 0) is 33.2 Å². The second-order valence-corrected chi connectivity index (χ2v) is 6.66. The number of para-hydroxylation sites is 2. The largest absolute Gasteiger partial charge is 0.495 e. The van der Waals surface area contributed by atoms with Gasteiger partial charge in [-0.3, -0.25) is 9.69 Å². The predicted molar refractivity (Wildman–Crippen MR) is 97.6 cm³/mol. The Balaban J connectivity index is 1.77. The molecule has 6 heteroatoms. The molecule has 0 saturated carbocycles. The SMILES string of the molecule is COc1ccccc1NC(=O)C[C@H](C)NC[C@@H]1CN(C)CCN1C. The minimum atomic E-state index is -0.00591. The van der Waals surface area contributed by atoms with Crippen LogP contribution in [-0.4, -0.2) is 75.2 Å². The van der Waals surface area contributed by atoms with E-state index in [1.165, 1.54) is 0 Å². The van der Waals surface area contributed by atoms with Crippen LogP contribution in [0.25, 0.3) is 0 Å². The zero-order valence-electron chi connectivity index (χ0n) is 15.2. The van der Waals surface area contributed by atoms with Gasteiger partial charge in [0.1, 0.15) is 5.75 Å². The normalized spacial score (nSPS) is 20.6. The average molecular weight is 334 g/mol. The van der Waals surface area contributed by atoms with E-state index in [2.05, 4.69) is 34.5 Å². The van der Waals surface area contributed by atoms with Crippen molar-refractivity contribution in [3.8, 4) is 5.75 Å². The van der Waals surface area contributed by atoms with Crippen molar-refractivity contribution < 1.29 is 9.53 Å². The third-order valence-corrected chi connectivity index (χ3v) is 4.55. The topological polar surface area (TPSA) is 56.8 Å². The number of hydrogen-bond acceptors (Lipinski definition) is 5. The van der Waals surface area contributed by atoms with E-state index in [-0.39, 0.29) is 11.9 Å². The van der Waals surface area contributed by atoms with Crippen LogP contribution >= 0.6 is 0 Å². The minimum absolute atomic E-state index is 0.00591. The van der Waals surface area contributed by atoms with Crippen LogP contribution < -0.4 is 15.4 Å². The Labute approximate surface area is 145 Å². The molecule has 6 nitrogen and oxygen atoms in total. The molecule has 1 aliphatic heterocycles. The number of benzene rings is 1. The number of anilines is 1. The van der Waals surface area contributed by atoms with Crippen molar-refractivity contribution in [3.05, 3.63) is 24.3 Å². The molecular formula is C18H30N4O2. The van der Waals surface area contributed by atoms with Crippen LogP contribution in [0.5, 0.6) is 5.75 Å². The molecule has 0 radical (unpaired) electrons. The zero-order valence-corrected chi connectivity index (χ0v) is 15.2. The third kappa shape index (κ3) is 5.47. The number of methoxy groups -OCH3 is 1. The maximum atomic E-state index is 12.2. The fourth-order valence-corrected chi connectivity index (χ4v) is 2.96. The lowest BCUT2D eigenvalue weighted by Gasteiger charge is -2.38. The molecule has 1 fully saturated rings. The maximum Gasteiger partial charge on any atom is 0.226 e. The van der Waals surface area contributed by atoms with Crippen LogP contribution in [0.2, 0.25) is 0 Å². The van der Waals surface area contributed by atoms with E-state index in [0.29, 0.717) is 23.9 Å². The van der Waals surface area contributed by atoms with Gasteiger partial charge in [-0.1, -0.05) is 12.1 Å². The molecule has 0 unspecified atom stereocenters. The molecule has 1 aliphatic rings. The molecule has 0 spiro atoms. The molecule has 1 aromatic carbocycles. The monoisotopic (exact) mass is 334 g/mol. The predicted octanol–water partition coefficient (Wildman–Crippen LogP) is 1.25. The van der Waals surface area contributed by atoms with Crippen molar-refractivity contribution in [1.82, 2.24) is 15.1 Å². The number of likely N-dealkylation sites (N-methyl/N-ethyl adjacent to an activating group) is 2. The van der Waals surface area contributed by atoms with Crippen LogP contribution in [0.4, 0.5) is 5.69 Å². The van der Waals surface area contributed by atoms with Gasteiger partial charge in [0, 0.05) is 44.7 Å². The highest BCUT2D eigenvalue weighted by Crippen LogP contribution is 2.23. The van der Waals surface area contributed by atoms with Crippen molar-refractivity contribution in [3.63, 3.8) is 0 Å².